The molecule has 0 saturated heterocycles. The van der Waals surface area contributed by atoms with Crippen molar-refractivity contribution in [2.24, 2.45) is 0 Å². The SMILES string of the molecule is COC(=O)c1ccc(F)cc1NC(=O)c1ccccc1F. The summed E-state index contributed by atoms with van der Waals surface area (Å²) in [6.07, 6.45) is 0. The zero-order valence-corrected chi connectivity index (χ0v) is 11.0. The number of rotatable bonds is 3. The van der Waals surface area contributed by atoms with E-state index in [-0.39, 0.29) is 16.8 Å². The van der Waals surface area contributed by atoms with Crippen molar-refractivity contribution in [2.45, 2.75) is 0 Å². The van der Waals surface area contributed by atoms with Gasteiger partial charge >= 0.3 is 5.97 Å². The summed E-state index contributed by atoms with van der Waals surface area (Å²) in [5.74, 6) is -2.89. The first kappa shape index (κ1) is 14.6. The van der Waals surface area contributed by atoms with Crippen molar-refractivity contribution >= 4 is 17.6 Å². The molecule has 0 aliphatic carbocycles. The maximum atomic E-state index is 13.5. The summed E-state index contributed by atoms with van der Waals surface area (Å²) >= 11 is 0. The Morgan fingerprint density at radius 3 is 2.43 bits per heavy atom. The molecule has 0 aliphatic heterocycles. The van der Waals surface area contributed by atoms with Crippen LogP contribution in [-0.4, -0.2) is 19.0 Å². The maximum absolute atomic E-state index is 13.5. The lowest BCUT2D eigenvalue weighted by Crippen LogP contribution is -2.16. The van der Waals surface area contributed by atoms with E-state index in [0.29, 0.717) is 0 Å². The van der Waals surface area contributed by atoms with Crippen LogP contribution >= 0.6 is 0 Å². The van der Waals surface area contributed by atoms with Gasteiger partial charge in [0, 0.05) is 0 Å². The van der Waals surface area contributed by atoms with Crippen LogP contribution in [0.25, 0.3) is 0 Å². The third kappa shape index (κ3) is 3.22. The van der Waals surface area contributed by atoms with Crippen molar-refractivity contribution in [3.8, 4) is 0 Å². The lowest BCUT2D eigenvalue weighted by atomic mass is 10.1. The molecule has 4 nitrogen and oxygen atoms in total. The van der Waals surface area contributed by atoms with Gasteiger partial charge in [0.05, 0.1) is 23.9 Å². The number of benzene rings is 2. The minimum atomic E-state index is -0.788. The van der Waals surface area contributed by atoms with Crippen LogP contribution in [0.2, 0.25) is 0 Å². The molecule has 0 fully saturated rings. The largest absolute Gasteiger partial charge is 0.465 e. The Bertz CT molecular complexity index is 701. The molecule has 2 rings (SSSR count). The topological polar surface area (TPSA) is 55.4 Å². The Kier molecular flexibility index (Phi) is 4.27. The Labute approximate surface area is 119 Å². The van der Waals surface area contributed by atoms with Gasteiger partial charge in [-0.15, -0.1) is 0 Å². The van der Waals surface area contributed by atoms with Crippen LogP contribution in [0.1, 0.15) is 20.7 Å². The zero-order valence-electron chi connectivity index (χ0n) is 11.0. The molecule has 0 unspecified atom stereocenters. The van der Waals surface area contributed by atoms with Gasteiger partial charge in [-0.05, 0) is 30.3 Å². The molecule has 0 aliphatic rings. The van der Waals surface area contributed by atoms with E-state index in [1.807, 2.05) is 0 Å². The molecule has 0 radical (unpaired) electrons. The quantitative estimate of drug-likeness (QED) is 0.884. The van der Waals surface area contributed by atoms with Crippen molar-refractivity contribution in [1.82, 2.24) is 0 Å². The predicted octanol–water partition coefficient (Wildman–Crippen LogP) is 3.00. The highest BCUT2D eigenvalue weighted by Gasteiger charge is 2.17. The number of hydrogen-bond donors (Lipinski definition) is 1. The first-order valence-electron chi connectivity index (χ1n) is 5.96. The van der Waals surface area contributed by atoms with Crippen LogP contribution in [0, 0.1) is 11.6 Å². The average molecular weight is 291 g/mol. The smallest absolute Gasteiger partial charge is 0.339 e. The molecule has 108 valence electrons. The number of methoxy groups -OCH3 is 1. The fourth-order valence-electron chi connectivity index (χ4n) is 1.74. The van der Waals surface area contributed by atoms with Crippen LogP contribution in [0.15, 0.2) is 42.5 Å². The molecular formula is C15H11F2NO3. The summed E-state index contributed by atoms with van der Waals surface area (Å²) in [5.41, 5.74) is -0.323. The zero-order chi connectivity index (χ0) is 15.4. The van der Waals surface area contributed by atoms with Gasteiger partial charge in [-0.1, -0.05) is 12.1 Å². The summed E-state index contributed by atoms with van der Waals surface area (Å²) < 4.78 is 31.3. The van der Waals surface area contributed by atoms with Gasteiger partial charge in [0.25, 0.3) is 5.91 Å². The third-order valence-electron chi connectivity index (χ3n) is 2.75. The number of halogens is 2. The summed E-state index contributed by atoms with van der Waals surface area (Å²) in [5, 5.41) is 2.30. The molecule has 21 heavy (non-hydrogen) atoms. The standard InChI is InChI=1S/C15H11F2NO3/c1-21-15(20)11-7-6-9(16)8-13(11)18-14(19)10-4-2-3-5-12(10)17/h2-8H,1H3,(H,18,19). The molecule has 0 atom stereocenters. The van der Waals surface area contributed by atoms with Crippen LogP contribution in [0.4, 0.5) is 14.5 Å². The number of anilines is 1. The minimum Gasteiger partial charge on any atom is -0.465 e. The molecule has 0 spiro atoms. The molecule has 1 amide bonds. The molecule has 1 N–H and O–H groups in total. The Hall–Kier alpha value is -2.76. The second-order valence-corrected chi connectivity index (χ2v) is 4.12. The summed E-state index contributed by atoms with van der Waals surface area (Å²) in [7, 11) is 1.16. The first-order valence-corrected chi connectivity index (χ1v) is 5.96. The number of carbonyl (C=O) groups excluding carboxylic acids is 2. The second-order valence-electron chi connectivity index (χ2n) is 4.12. The lowest BCUT2D eigenvalue weighted by Gasteiger charge is -2.10. The van der Waals surface area contributed by atoms with Gasteiger partial charge < -0.3 is 10.1 Å². The van der Waals surface area contributed by atoms with Gasteiger partial charge in [0.1, 0.15) is 11.6 Å². The fraction of sp³-hybridized carbons (Fsp3) is 0.0667. The van der Waals surface area contributed by atoms with E-state index >= 15 is 0 Å². The molecule has 0 saturated carbocycles. The molecule has 0 aromatic heterocycles. The summed E-state index contributed by atoms with van der Waals surface area (Å²) in [4.78, 5) is 23.5. The van der Waals surface area contributed by atoms with Gasteiger partial charge in [-0.25, -0.2) is 13.6 Å². The van der Waals surface area contributed by atoms with E-state index < -0.39 is 23.5 Å². The number of esters is 1. The number of ether oxygens (including phenoxy) is 1. The molecule has 0 heterocycles. The molecule has 6 heteroatoms. The van der Waals surface area contributed by atoms with E-state index in [9.17, 15) is 18.4 Å². The second kappa shape index (κ2) is 6.13. The van der Waals surface area contributed by atoms with E-state index in [2.05, 4.69) is 10.1 Å². The number of amides is 1. The number of carbonyl (C=O) groups is 2. The van der Waals surface area contributed by atoms with Crippen molar-refractivity contribution in [3.63, 3.8) is 0 Å². The van der Waals surface area contributed by atoms with Crippen LogP contribution in [0.3, 0.4) is 0 Å². The van der Waals surface area contributed by atoms with Crippen molar-refractivity contribution < 1.29 is 23.1 Å². The Balaban J connectivity index is 2.35. The van der Waals surface area contributed by atoms with Crippen LogP contribution in [0.5, 0.6) is 0 Å². The van der Waals surface area contributed by atoms with Gasteiger partial charge in [-0.3, -0.25) is 4.79 Å². The van der Waals surface area contributed by atoms with Crippen molar-refractivity contribution in [2.75, 3.05) is 12.4 Å². The summed E-state index contributed by atoms with van der Waals surface area (Å²) in [6, 6.07) is 8.54. The normalized spacial score (nSPS) is 10.0. The van der Waals surface area contributed by atoms with Gasteiger partial charge in [0.15, 0.2) is 0 Å². The van der Waals surface area contributed by atoms with Crippen molar-refractivity contribution in [3.05, 3.63) is 65.2 Å². The third-order valence-corrected chi connectivity index (χ3v) is 2.75. The Morgan fingerprint density at radius 1 is 1.05 bits per heavy atom. The maximum Gasteiger partial charge on any atom is 0.339 e. The highest BCUT2D eigenvalue weighted by atomic mass is 19.1. The summed E-state index contributed by atoms with van der Waals surface area (Å²) in [6.45, 7) is 0. The lowest BCUT2D eigenvalue weighted by molar-refractivity contribution is 0.0602. The molecule has 2 aromatic rings. The molecular weight excluding hydrogens is 280 g/mol. The Morgan fingerprint density at radius 2 is 1.76 bits per heavy atom. The van der Waals surface area contributed by atoms with Gasteiger partial charge in [-0.2, -0.15) is 0 Å². The van der Waals surface area contributed by atoms with Gasteiger partial charge in [0.2, 0.25) is 0 Å². The van der Waals surface area contributed by atoms with Crippen LogP contribution in [-0.2, 0) is 4.74 Å². The average Bonchev–Trinajstić information content (AvgIpc) is 2.47. The van der Waals surface area contributed by atoms with E-state index in [4.69, 9.17) is 0 Å². The number of hydrogen-bond acceptors (Lipinski definition) is 3. The van der Waals surface area contributed by atoms with Crippen molar-refractivity contribution in [1.29, 1.82) is 0 Å². The first-order chi connectivity index (χ1) is 10.0. The molecule has 2 aromatic carbocycles. The molecule has 0 bridgehead atoms. The highest BCUT2D eigenvalue weighted by Crippen LogP contribution is 2.20. The van der Waals surface area contributed by atoms with E-state index in [1.54, 1.807) is 0 Å². The fourth-order valence-corrected chi connectivity index (χ4v) is 1.74. The monoisotopic (exact) mass is 291 g/mol. The highest BCUT2D eigenvalue weighted by molar-refractivity contribution is 6.08. The van der Waals surface area contributed by atoms with Crippen LogP contribution < -0.4 is 5.32 Å². The predicted molar refractivity (Wildman–Crippen MR) is 72.1 cm³/mol. The van der Waals surface area contributed by atoms with E-state index in [0.717, 1.165) is 25.3 Å². The van der Waals surface area contributed by atoms with E-state index in [1.165, 1.54) is 24.3 Å². The number of nitrogens with one attached hydrogen (secondary N) is 1. The minimum absolute atomic E-state index is 0.0245.